The van der Waals surface area contributed by atoms with Crippen molar-refractivity contribution < 1.29 is 14.7 Å². The zero-order valence-corrected chi connectivity index (χ0v) is 14.6. The molecule has 24 heavy (non-hydrogen) atoms. The average molecular weight is 332 g/mol. The topological polar surface area (TPSA) is 69.6 Å². The Morgan fingerprint density at radius 3 is 2.67 bits per heavy atom. The molecule has 0 radical (unpaired) electrons. The Bertz CT molecular complexity index is 545. The highest BCUT2D eigenvalue weighted by atomic mass is 16.3. The molecule has 5 nitrogen and oxygen atoms in total. The van der Waals surface area contributed by atoms with Crippen LogP contribution in [0.1, 0.15) is 43.5 Å². The second-order valence-electron chi connectivity index (χ2n) is 6.98. The van der Waals surface area contributed by atoms with E-state index in [1.54, 1.807) is 17.0 Å². The van der Waals surface area contributed by atoms with Crippen LogP contribution in [0, 0.1) is 11.8 Å². The van der Waals surface area contributed by atoms with Gasteiger partial charge >= 0.3 is 0 Å². The molecule has 1 aromatic rings. The lowest BCUT2D eigenvalue weighted by atomic mass is 9.96. The molecular formula is C19H28N2O3. The first-order chi connectivity index (χ1) is 11.5. The molecular weight excluding hydrogens is 304 g/mol. The van der Waals surface area contributed by atoms with Crippen molar-refractivity contribution in [1.82, 2.24) is 10.2 Å². The molecule has 0 bridgehead atoms. The Balaban J connectivity index is 1.86. The summed E-state index contributed by atoms with van der Waals surface area (Å²) in [7, 11) is 0. The third-order valence-electron chi connectivity index (χ3n) is 4.36. The average Bonchev–Trinajstić information content (AvgIpc) is 2.59. The Kier molecular flexibility index (Phi) is 6.79. The fourth-order valence-electron chi connectivity index (χ4n) is 3.13. The van der Waals surface area contributed by atoms with Gasteiger partial charge in [0.25, 0.3) is 5.91 Å². The van der Waals surface area contributed by atoms with Crippen molar-refractivity contribution in [2.45, 2.75) is 39.2 Å². The van der Waals surface area contributed by atoms with Crippen LogP contribution in [-0.4, -0.2) is 47.6 Å². The maximum Gasteiger partial charge on any atom is 0.253 e. The van der Waals surface area contributed by atoms with E-state index in [1.807, 2.05) is 32.0 Å². The number of nitrogens with zero attached hydrogens (tertiary/aromatic N) is 1. The smallest absolute Gasteiger partial charge is 0.253 e. The van der Waals surface area contributed by atoms with Crippen LogP contribution in [-0.2, 0) is 4.79 Å². The van der Waals surface area contributed by atoms with E-state index in [0.29, 0.717) is 31.0 Å². The van der Waals surface area contributed by atoms with Crippen LogP contribution < -0.4 is 5.32 Å². The number of likely N-dealkylation sites (tertiary alicyclic amines) is 1. The van der Waals surface area contributed by atoms with Crippen molar-refractivity contribution in [1.29, 1.82) is 0 Å². The molecule has 1 aromatic carbocycles. The molecule has 2 amide bonds. The summed E-state index contributed by atoms with van der Waals surface area (Å²) >= 11 is 0. The molecule has 1 heterocycles. The van der Waals surface area contributed by atoms with E-state index in [-0.39, 0.29) is 24.3 Å². The van der Waals surface area contributed by atoms with E-state index in [1.165, 1.54) is 0 Å². The summed E-state index contributed by atoms with van der Waals surface area (Å²) in [5.41, 5.74) is 0.658. The van der Waals surface area contributed by atoms with Gasteiger partial charge in [-0.3, -0.25) is 9.59 Å². The monoisotopic (exact) mass is 332 g/mol. The van der Waals surface area contributed by atoms with Gasteiger partial charge in [-0.05, 0) is 37.3 Å². The Hall–Kier alpha value is -1.88. The summed E-state index contributed by atoms with van der Waals surface area (Å²) in [6.07, 6.45) is 1.76. The SMILES string of the molecule is CC(C)CC(O)CNC(=O)C1CCCN(C(=O)c2ccccc2)C1. The number of amides is 2. The Labute approximate surface area is 144 Å². The van der Waals surface area contributed by atoms with E-state index in [2.05, 4.69) is 5.32 Å². The van der Waals surface area contributed by atoms with Crippen molar-refractivity contribution in [3.8, 4) is 0 Å². The van der Waals surface area contributed by atoms with E-state index in [9.17, 15) is 14.7 Å². The highest BCUT2D eigenvalue weighted by Gasteiger charge is 2.29. The van der Waals surface area contributed by atoms with Crippen LogP contribution in [0.2, 0.25) is 0 Å². The minimum atomic E-state index is -0.514. The zero-order chi connectivity index (χ0) is 17.5. The minimum Gasteiger partial charge on any atom is -0.391 e. The van der Waals surface area contributed by atoms with Crippen molar-refractivity contribution >= 4 is 11.8 Å². The summed E-state index contributed by atoms with van der Waals surface area (Å²) in [5, 5.41) is 12.7. The maximum absolute atomic E-state index is 12.5. The highest BCUT2D eigenvalue weighted by molar-refractivity contribution is 5.94. The first-order valence-corrected chi connectivity index (χ1v) is 8.77. The number of rotatable bonds is 6. The summed E-state index contributed by atoms with van der Waals surface area (Å²) in [6.45, 7) is 5.49. The number of nitrogens with one attached hydrogen (secondary N) is 1. The van der Waals surface area contributed by atoms with Crippen molar-refractivity contribution in [3.63, 3.8) is 0 Å². The van der Waals surface area contributed by atoms with Crippen molar-refractivity contribution in [2.75, 3.05) is 19.6 Å². The normalized spacial score (nSPS) is 19.2. The van der Waals surface area contributed by atoms with Gasteiger partial charge in [0, 0.05) is 25.2 Å². The maximum atomic E-state index is 12.5. The molecule has 1 fully saturated rings. The lowest BCUT2D eigenvalue weighted by Crippen LogP contribution is -2.46. The van der Waals surface area contributed by atoms with Gasteiger partial charge in [-0.1, -0.05) is 32.0 Å². The van der Waals surface area contributed by atoms with Crippen LogP contribution in [0.5, 0.6) is 0 Å². The fourth-order valence-corrected chi connectivity index (χ4v) is 3.13. The van der Waals surface area contributed by atoms with E-state index < -0.39 is 6.10 Å². The molecule has 2 N–H and O–H groups in total. The molecule has 1 aliphatic heterocycles. The largest absolute Gasteiger partial charge is 0.391 e. The van der Waals surface area contributed by atoms with Crippen LogP contribution in [0.25, 0.3) is 0 Å². The summed E-state index contributed by atoms with van der Waals surface area (Å²) in [4.78, 5) is 26.6. The first-order valence-electron chi connectivity index (χ1n) is 8.77. The van der Waals surface area contributed by atoms with E-state index in [4.69, 9.17) is 0 Å². The standard InChI is InChI=1S/C19H28N2O3/c1-14(2)11-17(22)12-20-18(23)16-9-6-10-21(13-16)19(24)15-7-4-3-5-8-15/h3-5,7-8,14,16-17,22H,6,9-13H2,1-2H3,(H,20,23). The number of piperidine rings is 1. The van der Waals surface area contributed by atoms with Gasteiger partial charge in [-0.2, -0.15) is 0 Å². The van der Waals surface area contributed by atoms with Crippen LogP contribution in [0.15, 0.2) is 30.3 Å². The molecule has 1 aliphatic rings. The Morgan fingerprint density at radius 1 is 1.29 bits per heavy atom. The number of benzene rings is 1. The zero-order valence-electron chi connectivity index (χ0n) is 14.6. The van der Waals surface area contributed by atoms with Crippen LogP contribution in [0.3, 0.4) is 0 Å². The van der Waals surface area contributed by atoms with E-state index >= 15 is 0 Å². The Morgan fingerprint density at radius 2 is 2.00 bits per heavy atom. The van der Waals surface area contributed by atoms with Gasteiger partial charge in [-0.15, -0.1) is 0 Å². The third-order valence-corrected chi connectivity index (χ3v) is 4.36. The number of hydrogen-bond donors (Lipinski definition) is 2. The third kappa shape index (κ3) is 5.34. The molecule has 5 heteroatoms. The quantitative estimate of drug-likeness (QED) is 0.838. The first kappa shape index (κ1) is 18.5. The van der Waals surface area contributed by atoms with Gasteiger partial charge in [0.2, 0.25) is 5.91 Å². The lowest BCUT2D eigenvalue weighted by Gasteiger charge is -2.32. The van der Waals surface area contributed by atoms with Crippen LogP contribution in [0.4, 0.5) is 0 Å². The number of carbonyl (C=O) groups excluding carboxylic acids is 2. The minimum absolute atomic E-state index is 0.0204. The number of aliphatic hydroxyl groups is 1. The second kappa shape index (κ2) is 8.83. The summed E-state index contributed by atoms with van der Waals surface area (Å²) in [5.74, 6) is 0.111. The molecule has 2 atom stereocenters. The molecule has 1 saturated heterocycles. The van der Waals surface area contributed by atoms with Gasteiger partial charge in [0.05, 0.1) is 12.0 Å². The number of aliphatic hydroxyl groups excluding tert-OH is 1. The lowest BCUT2D eigenvalue weighted by molar-refractivity contribution is -0.126. The van der Waals surface area contributed by atoms with Crippen molar-refractivity contribution in [3.05, 3.63) is 35.9 Å². The van der Waals surface area contributed by atoms with Crippen LogP contribution >= 0.6 is 0 Å². The molecule has 0 spiro atoms. The van der Waals surface area contributed by atoms with E-state index in [0.717, 1.165) is 12.8 Å². The predicted octanol–water partition coefficient (Wildman–Crippen LogP) is 2.06. The molecule has 132 valence electrons. The second-order valence-corrected chi connectivity index (χ2v) is 6.98. The van der Waals surface area contributed by atoms with Gasteiger partial charge in [0.1, 0.15) is 0 Å². The van der Waals surface area contributed by atoms with Gasteiger partial charge < -0.3 is 15.3 Å². The van der Waals surface area contributed by atoms with Crippen molar-refractivity contribution in [2.24, 2.45) is 11.8 Å². The highest BCUT2D eigenvalue weighted by Crippen LogP contribution is 2.19. The summed E-state index contributed by atoms with van der Waals surface area (Å²) in [6, 6.07) is 9.17. The fraction of sp³-hybridized carbons (Fsp3) is 0.579. The number of carbonyl (C=O) groups is 2. The molecule has 0 saturated carbocycles. The predicted molar refractivity (Wildman–Crippen MR) is 93.5 cm³/mol. The number of hydrogen-bond acceptors (Lipinski definition) is 3. The summed E-state index contributed by atoms with van der Waals surface area (Å²) < 4.78 is 0. The van der Waals surface area contributed by atoms with Gasteiger partial charge in [-0.25, -0.2) is 0 Å². The van der Waals surface area contributed by atoms with Gasteiger partial charge in [0.15, 0.2) is 0 Å². The molecule has 0 aromatic heterocycles. The molecule has 0 aliphatic carbocycles. The molecule has 2 rings (SSSR count). The molecule has 2 unspecified atom stereocenters.